The molecule has 8 nitrogen and oxygen atoms in total. The molecule has 172 valence electrons. The number of nitrogens with one attached hydrogen (secondary N) is 1. The molecular weight excluding hydrogens is 435 g/mol. The smallest absolute Gasteiger partial charge is 0.223 e. The van der Waals surface area contributed by atoms with Crippen LogP contribution >= 0.6 is 0 Å². The largest absolute Gasteiger partial charge is 0.496 e. The zero-order valence-electron chi connectivity index (χ0n) is 19.0. The normalized spacial score (nSPS) is 11.2. The first kappa shape index (κ1) is 21.6. The van der Waals surface area contributed by atoms with E-state index in [9.17, 15) is 4.39 Å². The molecule has 0 amide bonds. The first-order valence-electron chi connectivity index (χ1n) is 10.8. The van der Waals surface area contributed by atoms with Crippen LogP contribution in [0.3, 0.4) is 0 Å². The molecule has 0 spiro atoms. The van der Waals surface area contributed by atoms with Crippen LogP contribution in [0.1, 0.15) is 11.6 Å². The highest BCUT2D eigenvalue weighted by Crippen LogP contribution is 2.31. The molecule has 0 atom stereocenters. The second-order valence-electron chi connectivity index (χ2n) is 7.88. The van der Waals surface area contributed by atoms with Gasteiger partial charge in [-0.05, 0) is 25.1 Å². The molecule has 0 aliphatic carbocycles. The Morgan fingerprint density at radius 1 is 1.03 bits per heavy atom. The molecule has 34 heavy (non-hydrogen) atoms. The number of hydrogen-bond acceptors (Lipinski definition) is 7. The van der Waals surface area contributed by atoms with Gasteiger partial charge >= 0.3 is 0 Å². The van der Waals surface area contributed by atoms with Gasteiger partial charge in [-0.1, -0.05) is 29.4 Å². The molecular formula is C25H23FN6O2. The van der Waals surface area contributed by atoms with Crippen LogP contribution in [0.25, 0.3) is 33.5 Å². The predicted molar refractivity (Wildman–Crippen MR) is 127 cm³/mol. The number of ether oxygens (including phenoxy) is 1. The average molecular weight is 458 g/mol. The maximum absolute atomic E-state index is 14.6. The summed E-state index contributed by atoms with van der Waals surface area (Å²) < 4.78 is 27.0. The van der Waals surface area contributed by atoms with Crippen molar-refractivity contribution in [3.8, 4) is 28.4 Å². The van der Waals surface area contributed by atoms with E-state index < -0.39 is 0 Å². The summed E-state index contributed by atoms with van der Waals surface area (Å²) in [5, 5.41) is 8.03. The van der Waals surface area contributed by atoms with Gasteiger partial charge in [0, 0.05) is 48.3 Å². The molecule has 9 heteroatoms. The number of rotatable bonds is 7. The average Bonchev–Trinajstić information content (AvgIpc) is 3.43. The minimum Gasteiger partial charge on any atom is -0.496 e. The highest BCUT2D eigenvalue weighted by molar-refractivity contribution is 5.88. The van der Waals surface area contributed by atoms with Crippen molar-refractivity contribution < 1.29 is 13.7 Å². The second kappa shape index (κ2) is 8.93. The van der Waals surface area contributed by atoms with E-state index in [-0.39, 0.29) is 5.82 Å². The zero-order chi connectivity index (χ0) is 23.7. The van der Waals surface area contributed by atoms with Crippen molar-refractivity contribution in [2.24, 2.45) is 0 Å². The number of methoxy groups -OCH3 is 1. The number of benzene rings is 2. The Balaban J connectivity index is 1.30. The van der Waals surface area contributed by atoms with Crippen LogP contribution in [-0.2, 0) is 6.54 Å². The van der Waals surface area contributed by atoms with Gasteiger partial charge in [0.2, 0.25) is 11.7 Å². The van der Waals surface area contributed by atoms with Crippen LogP contribution in [0.15, 0.2) is 59.4 Å². The maximum Gasteiger partial charge on any atom is 0.223 e. The van der Waals surface area contributed by atoms with Crippen LogP contribution in [0.2, 0.25) is 0 Å². The van der Waals surface area contributed by atoms with Gasteiger partial charge in [0.25, 0.3) is 0 Å². The first-order chi connectivity index (χ1) is 16.5. The van der Waals surface area contributed by atoms with Crippen LogP contribution in [0.4, 0.5) is 10.2 Å². The summed E-state index contributed by atoms with van der Waals surface area (Å²) in [6.07, 6.45) is 1.52. The van der Waals surface area contributed by atoms with Crippen molar-refractivity contribution in [1.82, 2.24) is 24.7 Å². The molecule has 0 saturated heterocycles. The zero-order valence-corrected chi connectivity index (χ0v) is 19.0. The molecule has 0 unspecified atom stereocenters. The monoisotopic (exact) mass is 458 g/mol. The van der Waals surface area contributed by atoms with E-state index in [0.29, 0.717) is 41.9 Å². The lowest BCUT2D eigenvalue weighted by atomic mass is 10.1. The summed E-state index contributed by atoms with van der Waals surface area (Å²) in [6, 6.07) is 14.7. The molecule has 5 rings (SSSR count). The van der Waals surface area contributed by atoms with Crippen molar-refractivity contribution in [2.45, 2.75) is 20.4 Å². The lowest BCUT2D eigenvalue weighted by molar-refractivity contribution is 0.394. The number of fused-ring (bicyclic) bond motifs is 1. The summed E-state index contributed by atoms with van der Waals surface area (Å²) in [5.74, 6) is 2.15. The van der Waals surface area contributed by atoms with E-state index >= 15 is 0 Å². The minimum absolute atomic E-state index is 0.271. The molecule has 5 aromatic rings. The Morgan fingerprint density at radius 3 is 2.56 bits per heavy atom. The van der Waals surface area contributed by atoms with Crippen molar-refractivity contribution >= 4 is 16.7 Å². The number of halogens is 1. The lowest BCUT2D eigenvalue weighted by Crippen LogP contribution is -2.13. The van der Waals surface area contributed by atoms with Crippen LogP contribution in [-0.4, -0.2) is 38.3 Å². The van der Waals surface area contributed by atoms with Crippen LogP contribution in [0.5, 0.6) is 5.75 Å². The fraction of sp³-hybridized carbons (Fsp3) is 0.200. The molecule has 0 bridgehead atoms. The van der Waals surface area contributed by atoms with Crippen molar-refractivity contribution in [3.63, 3.8) is 0 Å². The van der Waals surface area contributed by atoms with Gasteiger partial charge in [-0.3, -0.25) is 0 Å². The number of aryl methyl sites for hydroxylation is 2. The second-order valence-corrected chi connectivity index (χ2v) is 7.88. The Kier molecular flexibility index (Phi) is 5.67. The summed E-state index contributed by atoms with van der Waals surface area (Å²) in [7, 11) is 1.59. The number of hydrogen-bond donors (Lipinski definition) is 1. The summed E-state index contributed by atoms with van der Waals surface area (Å²) in [6.45, 7) is 4.85. The standard InChI is InChI=1S/C25H23FN6O2/c1-15-12-19-22(33-3)9-8-20(26)24(19)32(15)11-10-27-23-13-21(28-14-29-23)17-4-6-18(7-5-17)25-30-16(2)34-31-25/h4-9,12-14H,10-11H2,1-3H3,(H,27,28,29). The molecule has 3 heterocycles. The van der Waals surface area contributed by atoms with E-state index in [1.807, 2.05) is 47.9 Å². The molecule has 0 fully saturated rings. The summed E-state index contributed by atoms with van der Waals surface area (Å²) in [4.78, 5) is 13.0. The van der Waals surface area contributed by atoms with Crippen molar-refractivity contribution in [2.75, 3.05) is 19.0 Å². The van der Waals surface area contributed by atoms with Gasteiger partial charge in [-0.15, -0.1) is 0 Å². The van der Waals surface area contributed by atoms with Gasteiger partial charge in [0.1, 0.15) is 23.7 Å². The Labute approximate surface area is 195 Å². The van der Waals surface area contributed by atoms with Crippen LogP contribution < -0.4 is 10.1 Å². The molecule has 2 aromatic carbocycles. The van der Waals surface area contributed by atoms with E-state index in [0.717, 1.165) is 27.9 Å². The highest BCUT2D eigenvalue weighted by Gasteiger charge is 2.14. The first-order valence-corrected chi connectivity index (χ1v) is 10.8. The van der Waals surface area contributed by atoms with E-state index in [1.54, 1.807) is 20.1 Å². The van der Waals surface area contributed by atoms with Gasteiger partial charge in [-0.25, -0.2) is 14.4 Å². The quantitative estimate of drug-likeness (QED) is 0.366. The Bertz CT molecular complexity index is 1460. The highest BCUT2D eigenvalue weighted by atomic mass is 19.1. The third-order valence-electron chi connectivity index (χ3n) is 5.67. The fourth-order valence-corrected chi connectivity index (χ4v) is 4.02. The van der Waals surface area contributed by atoms with Crippen LogP contribution in [0, 0.1) is 19.7 Å². The van der Waals surface area contributed by atoms with E-state index in [1.165, 1.54) is 12.4 Å². The third-order valence-corrected chi connectivity index (χ3v) is 5.67. The Hall–Kier alpha value is -4.27. The molecule has 0 radical (unpaired) electrons. The third kappa shape index (κ3) is 4.07. The van der Waals surface area contributed by atoms with Crippen molar-refractivity contribution in [3.05, 3.63) is 72.3 Å². The summed E-state index contributed by atoms with van der Waals surface area (Å²) in [5.41, 5.74) is 4.09. The van der Waals surface area contributed by atoms with Gasteiger partial charge < -0.3 is 19.1 Å². The number of aromatic nitrogens is 5. The van der Waals surface area contributed by atoms with Gasteiger partial charge in [-0.2, -0.15) is 4.98 Å². The fourth-order valence-electron chi connectivity index (χ4n) is 4.02. The molecule has 0 saturated carbocycles. The molecule has 3 aromatic heterocycles. The molecule has 1 N–H and O–H groups in total. The number of nitrogens with zero attached hydrogens (tertiary/aromatic N) is 5. The predicted octanol–water partition coefficient (Wildman–Crippen LogP) is 5.02. The maximum atomic E-state index is 14.6. The number of anilines is 1. The Morgan fingerprint density at radius 2 is 1.82 bits per heavy atom. The summed E-state index contributed by atoms with van der Waals surface area (Å²) >= 11 is 0. The lowest BCUT2D eigenvalue weighted by Gasteiger charge is -2.12. The molecule has 0 aliphatic heterocycles. The van der Waals surface area contributed by atoms with Gasteiger partial charge in [0.15, 0.2) is 0 Å². The van der Waals surface area contributed by atoms with Crippen molar-refractivity contribution in [1.29, 1.82) is 0 Å². The minimum atomic E-state index is -0.271. The molecule has 0 aliphatic rings. The van der Waals surface area contributed by atoms with E-state index in [4.69, 9.17) is 9.26 Å². The van der Waals surface area contributed by atoms with E-state index in [2.05, 4.69) is 25.4 Å². The SMILES string of the molecule is COc1ccc(F)c2c1cc(C)n2CCNc1cc(-c2ccc(-c3noc(C)n3)cc2)ncn1. The van der Waals surface area contributed by atoms with Gasteiger partial charge in [0.05, 0.1) is 18.3 Å². The topological polar surface area (TPSA) is 90.9 Å².